The highest BCUT2D eigenvalue weighted by Crippen LogP contribution is 2.29. The first kappa shape index (κ1) is 11.3. The van der Waals surface area contributed by atoms with Gasteiger partial charge in [0.1, 0.15) is 17.7 Å². The smallest absolute Gasteiger partial charge is 0.150 e. The zero-order valence-electron chi connectivity index (χ0n) is 7.95. The number of furan rings is 1. The minimum absolute atomic E-state index is 0.105. The third kappa shape index (κ3) is 2.15. The van der Waals surface area contributed by atoms with Crippen LogP contribution in [0, 0.1) is 11.6 Å². The van der Waals surface area contributed by atoms with Crippen molar-refractivity contribution in [3.63, 3.8) is 0 Å². The van der Waals surface area contributed by atoms with Crippen LogP contribution < -0.4 is 0 Å². The number of benzene rings is 1. The van der Waals surface area contributed by atoms with E-state index in [-0.39, 0.29) is 11.3 Å². The molecule has 0 aliphatic carbocycles. The van der Waals surface area contributed by atoms with Crippen molar-refractivity contribution in [3.05, 3.63) is 58.0 Å². The van der Waals surface area contributed by atoms with Gasteiger partial charge >= 0.3 is 0 Å². The van der Waals surface area contributed by atoms with E-state index in [1.165, 1.54) is 6.26 Å². The second-order valence-electron chi connectivity index (χ2n) is 3.24. The van der Waals surface area contributed by atoms with Crippen molar-refractivity contribution >= 4 is 15.9 Å². The lowest BCUT2D eigenvalue weighted by Gasteiger charge is -2.09. The number of hydrogen-bond donors (Lipinski definition) is 1. The lowest BCUT2D eigenvalue weighted by Crippen LogP contribution is -2.00. The summed E-state index contributed by atoms with van der Waals surface area (Å²) >= 11 is 3.16. The molecule has 1 aromatic carbocycles. The van der Waals surface area contributed by atoms with Gasteiger partial charge in [-0.1, -0.05) is 0 Å². The predicted molar refractivity (Wildman–Crippen MR) is 56.8 cm³/mol. The topological polar surface area (TPSA) is 33.4 Å². The molecule has 0 spiro atoms. The molecule has 0 saturated carbocycles. The number of halogens is 3. The Kier molecular flexibility index (Phi) is 3.07. The highest BCUT2D eigenvalue weighted by molar-refractivity contribution is 9.10. The average Bonchev–Trinajstić information content (AvgIpc) is 2.62. The van der Waals surface area contributed by atoms with Crippen LogP contribution in [0.3, 0.4) is 0 Å². The first-order chi connectivity index (χ1) is 7.58. The molecule has 0 bridgehead atoms. The lowest BCUT2D eigenvalue weighted by atomic mass is 10.1. The third-order valence-electron chi connectivity index (χ3n) is 2.09. The quantitative estimate of drug-likeness (QED) is 0.919. The first-order valence-corrected chi connectivity index (χ1v) is 5.24. The maximum absolute atomic E-state index is 12.9. The van der Waals surface area contributed by atoms with Crippen LogP contribution >= 0.6 is 15.9 Å². The van der Waals surface area contributed by atoms with Crippen molar-refractivity contribution in [2.45, 2.75) is 6.10 Å². The van der Waals surface area contributed by atoms with Crippen LogP contribution in [-0.2, 0) is 0 Å². The maximum atomic E-state index is 12.9. The van der Waals surface area contributed by atoms with E-state index in [1.54, 1.807) is 6.07 Å². The molecule has 1 atom stereocenters. The van der Waals surface area contributed by atoms with E-state index >= 15 is 0 Å². The molecule has 0 saturated heterocycles. The molecule has 0 amide bonds. The van der Waals surface area contributed by atoms with Gasteiger partial charge in [0.15, 0.2) is 5.76 Å². The summed E-state index contributed by atoms with van der Waals surface area (Å²) in [6, 6.07) is 4.45. The molecular weight excluding hydrogens is 282 g/mol. The maximum Gasteiger partial charge on any atom is 0.150 e. The summed E-state index contributed by atoms with van der Waals surface area (Å²) in [5.74, 6) is -1.27. The van der Waals surface area contributed by atoms with Gasteiger partial charge in [0.25, 0.3) is 0 Å². The Morgan fingerprint density at radius 1 is 1.19 bits per heavy atom. The van der Waals surface area contributed by atoms with Crippen molar-refractivity contribution in [1.29, 1.82) is 0 Å². The molecule has 1 unspecified atom stereocenters. The average molecular weight is 289 g/mol. The molecular formula is C11H7BrF2O2. The standard InChI is InChI=1S/C11H7BrF2O2/c12-9-1-2-16-11(9)10(15)6-3-7(13)5-8(14)4-6/h1-5,10,15H. The fourth-order valence-corrected chi connectivity index (χ4v) is 1.80. The van der Waals surface area contributed by atoms with E-state index in [2.05, 4.69) is 15.9 Å². The van der Waals surface area contributed by atoms with Crippen molar-refractivity contribution in [3.8, 4) is 0 Å². The number of rotatable bonds is 2. The van der Waals surface area contributed by atoms with Crippen LogP contribution in [-0.4, -0.2) is 5.11 Å². The van der Waals surface area contributed by atoms with Gasteiger partial charge in [0.2, 0.25) is 0 Å². The Bertz CT molecular complexity index is 490. The van der Waals surface area contributed by atoms with Crippen molar-refractivity contribution < 1.29 is 18.3 Å². The van der Waals surface area contributed by atoms with Crippen molar-refractivity contribution in [2.24, 2.45) is 0 Å². The zero-order chi connectivity index (χ0) is 11.7. The number of aliphatic hydroxyl groups excluding tert-OH is 1. The molecule has 1 N–H and O–H groups in total. The summed E-state index contributed by atoms with van der Waals surface area (Å²) < 4.78 is 31.4. The Morgan fingerprint density at radius 2 is 1.81 bits per heavy atom. The predicted octanol–water partition coefficient (Wildman–Crippen LogP) is 3.40. The first-order valence-electron chi connectivity index (χ1n) is 4.45. The van der Waals surface area contributed by atoms with Crippen LogP contribution in [0.4, 0.5) is 8.78 Å². The summed E-state index contributed by atoms with van der Waals surface area (Å²) in [6.45, 7) is 0. The molecule has 5 heteroatoms. The van der Waals surface area contributed by atoms with Crippen LogP contribution in [0.2, 0.25) is 0 Å². The molecule has 16 heavy (non-hydrogen) atoms. The molecule has 1 heterocycles. The molecule has 0 radical (unpaired) electrons. The van der Waals surface area contributed by atoms with Crippen molar-refractivity contribution in [1.82, 2.24) is 0 Å². The summed E-state index contributed by atoms with van der Waals surface area (Å²) in [4.78, 5) is 0. The molecule has 84 valence electrons. The minimum Gasteiger partial charge on any atom is -0.465 e. The number of aliphatic hydroxyl groups is 1. The van der Waals surface area contributed by atoms with E-state index in [0.717, 1.165) is 18.2 Å². The fourth-order valence-electron chi connectivity index (χ4n) is 1.38. The summed E-state index contributed by atoms with van der Waals surface area (Å²) in [5.41, 5.74) is 0.105. The van der Waals surface area contributed by atoms with E-state index in [4.69, 9.17) is 4.42 Å². The van der Waals surface area contributed by atoms with Crippen LogP contribution in [0.15, 0.2) is 39.4 Å². The summed E-state index contributed by atoms with van der Waals surface area (Å²) in [6.07, 6.45) is 0.174. The Morgan fingerprint density at radius 3 is 2.31 bits per heavy atom. The van der Waals surface area contributed by atoms with Gasteiger partial charge in [0.05, 0.1) is 10.7 Å². The second kappa shape index (κ2) is 4.35. The molecule has 2 nitrogen and oxygen atoms in total. The number of hydrogen-bond acceptors (Lipinski definition) is 2. The van der Waals surface area contributed by atoms with Gasteiger partial charge in [-0.3, -0.25) is 0 Å². The molecule has 2 aromatic rings. The summed E-state index contributed by atoms with van der Waals surface area (Å²) in [7, 11) is 0. The lowest BCUT2D eigenvalue weighted by molar-refractivity contribution is 0.187. The third-order valence-corrected chi connectivity index (χ3v) is 2.75. The van der Waals surface area contributed by atoms with Crippen LogP contribution in [0.1, 0.15) is 17.4 Å². The largest absolute Gasteiger partial charge is 0.465 e. The van der Waals surface area contributed by atoms with Gasteiger partial charge in [-0.2, -0.15) is 0 Å². The van der Waals surface area contributed by atoms with E-state index in [0.29, 0.717) is 4.47 Å². The van der Waals surface area contributed by atoms with E-state index in [1.807, 2.05) is 0 Å². The Balaban J connectivity index is 2.41. The Hall–Kier alpha value is -1.20. The normalized spacial score (nSPS) is 12.8. The van der Waals surface area contributed by atoms with Crippen LogP contribution in [0.25, 0.3) is 0 Å². The molecule has 0 aliphatic heterocycles. The van der Waals surface area contributed by atoms with E-state index < -0.39 is 17.7 Å². The molecule has 2 rings (SSSR count). The van der Waals surface area contributed by atoms with Gasteiger partial charge in [-0.05, 0) is 39.7 Å². The van der Waals surface area contributed by atoms with E-state index in [9.17, 15) is 13.9 Å². The van der Waals surface area contributed by atoms with Gasteiger partial charge < -0.3 is 9.52 Å². The highest BCUT2D eigenvalue weighted by Gasteiger charge is 2.18. The minimum atomic E-state index is -1.20. The highest BCUT2D eigenvalue weighted by atomic mass is 79.9. The zero-order valence-corrected chi connectivity index (χ0v) is 9.54. The SMILES string of the molecule is OC(c1cc(F)cc(F)c1)c1occc1Br. The fraction of sp³-hybridized carbons (Fsp3) is 0.0909. The van der Waals surface area contributed by atoms with Crippen LogP contribution in [0.5, 0.6) is 0 Å². The van der Waals surface area contributed by atoms with Gasteiger partial charge in [0, 0.05) is 6.07 Å². The van der Waals surface area contributed by atoms with Crippen molar-refractivity contribution in [2.75, 3.05) is 0 Å². The summed E-state index contributed by atoms with van der Waals surface area (Å²) in [5, 5.41) is 9.85. The molecule has 1 aromatic heterocycles. The monoisotopic (exact) mass is 288 g/mol. The van der Waals surface area contributed by atoms with Gasteiger partial charge in [-0.15, -0.1) is 0 Å². The second-order valence-corrected chi connectivity index (χ2v) is 4.09. The molecule has 0 fully saturated rings. The molecule has 0 aliphatic rings. The van der Waals surface area contributed by atoms with Gasteiger partial charge in [-0.25, -0.2) is 8.78 Å². The Labute approximate surface area is 98.6 Å².